The average Bonchev–Trinajstić information content (AvgIpc) is 2.11. The summed E-state index contributed by atoms with van der Waals surface area (Å²) in [6.07, 6.45) is -1.01. The van der Waals surface area contributed by atoms with Gasteiger partial charge >= 0.3 is 5.97 Å². The van der Waals surface area contributed by atoms with Crippen molar-refractivity contribution < 1.29 is 19.4 Å². The van der Waals surface area contributed by atoms with E-state index in [2.05, 4.69) is 16.6 Å². The van der Waals surface area contributed by atoms with E-state index in [1.165, 1.54) is 21.0 Å². The Labute approximate surface area is 82.7 Å². The molecule has 0 bridgehead atoms. The maximum absolute atomic E-state index is 11.1. The van der Waals surface area contributed by atoms with E-state index in [4.69, 9.17) is 0 Å². The fraction of sp³-hybridized carbons (Fsp3) is 0.556. The molecule has 0 aromatic heterocycles. The summed E-state index contributed by atoms with van der Waals surface area (Å²) >= 11 is 0. The third kappa shape index (κ3) is 3.57. The number of ether oxygens (including phenoxy) is 1. The molecule has 0 saturated carbocycles. The Hall–Kier alpha value is -1.36. The summed E-state index contributed by atoms with van der Waals surface area (Å²) in [6.45, 7) is 6.30. The lowest BCUT2D eigenvalue weighted by Gasteiger charge is -2.18. The van der Waals surface area contributed by atoms with Gasteiger partial charge in [0.2, 0.25) is 5.91 Å². The smallest absolute Gasteiger partial charge is 0.331 e. The van der Waals surface area contributed by atoms with Crippen molar-refractivity contribution in [2.24, 2.45) is 0 Å². The zero-order chi connectivity index (χ0) is 11.3. The zero-order valence-corrected chi connectivity index (χ0v) is 8.53. The number of aliphatic hydroxyl groups excluding tert-OH is 1. The molecular formula is C9H15NO4. The van der Waals surface area contributed by atoms with E-state index in [1.54, 1.807) is 0 Å². The normalized spacial score (nSPS) is 14.0. The van der Waals surface area contributed by atoms with Crippen molar-refractivity contribution in [3.8, 4) is 0 Å². The highest BCUT2D eigenvalue weighted by Crippen LogP contribution is 1.98. The summed E-state index contributed by atoms with van der Waals surface area (Å²) in [5.74, 6) is -1.17. The van der Waals surface area contributed by atoms with Crippen LogP contribution in [0.3, 0.4) is 0 Å². The standard InChI is InChI=1S/C9H15NO4/c1-5(2)8(12)10-7(6(3)11)9(13)14-4/h6-7,11H,1H2,2-4H3,(H,10,12)/t6-,7+/m1/s1. The molecule has 0 aliphatic carbocycles. The number of esters is 1. The van der Waals surface area contributed by atoms with Crippen molar-refractivity contribution in [2.45, 2.75) is 26.0 Å². The summed E-state index contributed by atoms with van der Waals surface area (Å²) in [6, 6.07) is -1.05. The van der Waals surface area contributed by atoms with Crippen LogP contribution in [0.25, 0.3) is 0 Å². The van der Waals surface area contributed by atoms with Crippen molar-refractivity contribution in [1.82, 2.24) is 5.32 Å². The molecule has 0 rings (SSSR count). The molecule has 0 heterocycles. The predicted octanol–water partition coefficient (Wildman–Crippen LogP) is -0.399. The van der Waals surface area contributed by atoms with E-state index in [-0.39, 0.29) is 5.57 Å². The quantitative estimate of drug-likeness (QED) is 0.479. The lowest BCUT2D eigenvalue weighted by atomic mass is 10.1. The summed E-state index contributed by atoms with van der Waals surface area (Å²) < 4.78 is 4.41. The Morgan fingerprint density at radius 1 is 1.50 bits per heavy atom. The molecule has 2 N–H and O–H groups in total. The van der Waals surface area contributed by atoms with Crippen molar-refractivity contribution >= 4 is 11.9 Å². The molecule has 2 atom stereocenters. The lowest BCUT2D eigenvalue weighted by Crippen LogP contribution is -2.48. The number of hydrogen-bond acceptors (Lipinski definition) is 4. The van der Waals surface area contributed by atoms with Crippen LogP contribution in [-0.2, 0) is 14.3 Å². The molecule has 80 valence electrons. The largest absolute Gasteiger partial charge is 0.467 e. The van der Waals surface area contributed by atoms with Crippen LogP contribution in [0.1, 0.15) is 13.8 Å². The van der Waals surface area contributed by atoms with Crippen LogP contribution in [0.4, 0.5) is 0 Å². The van der Waals surface area contributed by atoms with Crippen LogP contribution in [0.15, 0.2) is 12.2 Å². The SMILES string of the molecule is C=C(C)C(=O)N[C@H](C(=O)OC)[C@@H](C)O. The van der Waals surface area contributed by atoms with Gasteiger partial charge in [0.25, 0.3) is 0 Å². The Bertz CT molecular complexity index is 247. The number of carbonyl (C=O) groups excluding carboxylic acids is 2. The highest BCUT2D eigenvalue weighted by atomic mass is 16.5. The molecule has 0 spiro atoms. The van der Waals surface area contributed by atoms with Gasteiger partial charge in [0, 0.05) is 5.57 Å². The second-order valence-corrected chi connectivity index (χ2v) is 3.00. The first-order chi connectivity index (χ1) is 6.40. The molecule has 0 fully saturated rings. The first-order valence-corrected chi connectivity index (χ1v) is 4.12. The van der Waals surface area contributed by atoms with Gasteiger partial charge in [-0.25, -0.2) is 4.79 Å². The molecule has 0 unspecified atom stereocenters. The highest BCUT2D eigenvalue weighted by Gasteiger charge is 2.26. The topological polar surface area (TPSA) is 75.6 Å². The molecule has 0 aromatic rings. The van der Waals surface area contributed by atoms with Gasteiger partial charge in [0.15, 0.2) is 6.04 Å². The first-order valence-electron chi connectivity index (χ1n) is 4.12. The maximum atomic E-state index is 11.1. The highest BCUT2D eigenvalue weighted by molar-refractivity contribution is 5.95. The molecule has 0 aliphatic heterocycles. The number of carbonyl (C=O) groups is 2. The first kappa shape index (κ1) is 12.6. The molecule has 5 nitrogen and oxygen atoms in total. The van der Waals surface area contributed by atoms with Crippen LogP contribution in [-0.4, -0.2) is 36.2 Å². The zero-order valence-electron chi connectivity index (χ0n) is 8.53. The minimum atomic E-state index is -1.05. The van der Waals surface area contributed by atoms with Gasteiger partial charge < -0.3 is 15.2 Å². The predicted molar refractivity (Wildman–Crippen MR) is 50.4 cm³/mol. The van der Waals surface area contributed by atoms with Crippen LogP contribution >= 0.6 is 0 Å². The number of methoxy groups -OCH3 is 1. The number of hydrogen-bond donors (Lipinski definition) is 2. The fourth-order valence-electron chi connectivity index (χ4n) is 0.768. The van der Waals surface area contributed by atoms with Gasteiger partial charge in [0.1, 0.15) is 0 Å². The Kier molecular flexibility index (Phi) is 4.86. The van der Waals surface area contributed by atoms with Gasteiger partial charge in [-0.3, -0.25) is 4.79 Å². The van der Waals surface area contributed by atoms with Gasteiger partial charge in [-0.1, -0.05) is 6.58 Å². The summed E-state index contributed by atoms with van der Waals surface area (Å²) in [7, 11) is 1.19. The van der Waals surface area contributed by atoms with E-state index in [1.807, 2.05) is 0 Å². The van der Waals surface area contributed by atoms with E-state index < -0.39 is 24.0 Å². The van der Waals surface area contributed by atoms with E-state index in [0.717, 1.165) is 0 Å². The number of nitrogens with one attached hydrogen (secondary N) is 1. The Morgan fingerprint density at radius 3 is 2.29 bits per heavy atom. The van der Waals surface area contributed by atoms with Crippen LogP contribution in [0, 0.1) is 0 Å². The number of amides is 1. The van der Waals surface area contributed by atoms with Gasteiger partial charge in [-0.15, -0.1) is 0 Å². The third-order valence-electron chi connectivity index (χ3n) is 1.61. The second kappa shape index (κ2) is 5.39. The Morgan fingerprint density at radius 2 is 2.00 bits per heavy atom. The van der Waals surface area contributed by atoms with Gasteiger partial charge in [-0.2, -0.15) is 0 Å². The average molecular weight is 201 g/mol. The molecule has 0 radical (unpaired) electrons. The molecule has 0 saturated heterocycles. The number of aliphatic hydroxyl groups is 1. The summed E-state index contributed by atoms with van der Waals surface area (Å²) in [4.78, 5) is 22.2. The molecule has 0 aliphatic rings. The maximum Gasteiger partial charge on any atom is 0.331 e. The lowest BCUT2D eigenvalue weighted by molar-refractivity contribution is -0.147. The van der Waals surface area contributed by atoms with Gasteiger partial charge in [0.05, 0.1) is 13.2 Å². The fourth-order valence-corrected chi connectivity index (χ4v) is 0.768. The summed E-state index contributed by atoms with van der Waals surface area (Å²) in [5, 5.41) is 11.5. The minimum absolute atomic E-state index is 0.263. The van der Waals surface area contributed by atoms with Crippen LogP contribution < -0.4 is 5.32 Å². The van der Waals surface area contributed by atoms with Crippen molar-refractivity contribution in [2.75, 3.05) is 7.11 Å². The molecule has 0 aromatic carbocycles. The monoisotopic (exact) mass is 201 g/mol. The van der Waals surface area contributed by atoms with E-state index in [9.17, 15) is 14.7 Å². The summed E-state index contributed by atoms with van der Waals surface area (Å²) in [5.41, 5.74) is 0.263. The van der Waals surface area contributed by atoms with E-state index in [0.29, 0.717) is 0 Å². The second-order valence-electron chi connectivity index (χ2n) is 3.00. The molecule has 1 amide bonds. The van der Waals surface area contributed by atoms with Gasteiger partial charge in [-0.05, 0) is 13.8 Å². The number of rotatable bonds is 4. The van der Waals surface area contributed by atoms with Crippen LogP contribution in [0.2, 0.25) is 0 Å². The minimum Gasteiger partial charge on any atom is -0.467 e. The Balaban J connectivity index is 4.46. The van der Waals surface area contributed by atoms with Crippen molar-refractivity contribution in [3.63, 3.8) is 0 Å². The van der Waals surface area contributed by atoms with Crippen molar-refractivity contribution in [1.29, 1.82) is 0 Å². The molecule has 5 heteroatoms. The van der Waals surface area contributed by atoms with Crippen LogP contribution in [0.5, 0.6) is 0 Å². The molecular weight excluding hydrogens is 186 g/mol. The van der Waals surface area contributed by atoms with Crippen molar-refractivity contribution in [3.05, 3.63) is 12.2 Å². The van der Waals surface area contributed by atoms with E-state index >= 15 is 0 Å². The molecule has 14 heavy (non-hydrogen) atoms. The third-order valence-corrected chi connectivity index (χ3v) is 1.61.